The van der Waals surface area contributed by atoms with Crippen LogP contribution in [0.1, 0.15) is 25.0 Å². The van der Waals surface area contributed by atoms with Crippen LogP contribution in [0, 0.1) is 0 Å². The van der Waals surface area contributed by atoms with Gasteiger partial charge in [-0.15, -0.1) is 11.6 Å². The third kappa shape index (κ3) is 3.38. The van der Waals surface area contributed by atoms with E-state index in [4.69, 9.17) is 16.3 Å². The Bertz CT molecular complexity index is 468. The maximum Gasteiger partial charge on any atom is 0.418 e. The van der Waals surface area contributed by atoms with Crippen molar-refractivity contribution in [3.63, 3.8) is 0 Å². The molecule has 0 saturated carbocycles. The van der Waals surface area contributed by atoms with Crippen molar-refractivity contribution in [3.05, 3.63) is 29.3 Å². The van der Waals surface area contributed by atoms with Crippen molar-refractivity contribution in [2.45, 2.75) is 38.1 Å². The number of anilines is 1. The smallest absolute Gasteiger partial charge is 0.372 e. The van der Waals surface area contributed by atoms with E-state index in [1.165, 1.54) is 6.07 Å². The first kappa shape index (κ1) is 15.4. The number of morpholine rings is 1. The zero-order valence-electron chi connectivity index (χ0n) is 11.4. The first-order valence-electron chi connectivity index (χ1n) is 6.47. The van der Waals surface area contributed by atoms with Gasteiger partial charge in [-0.2, -0.15) is 13.2 Å². The van der Waals surface area contributed by atoms with Gasteiger partial charge in [-0.25, -0.2) is 0 Å². The maximum absolute atomic E-state index is 13.2. The highest BCUT2D eigenvalue weighted by molar-refractivity contribution is 6.17. The van der Waals surface area contributed by atoms with E-state index in [2.05, 4.69) is 0 Å². The molecule has 0 N–H and O–H groups in total. The van der Waals surface area contributed by atoms with E-state index in [9.17, 15) is 13.2 Å². The zero-order chi connectivity index (χ0) is 14.9. The summed E-state index contributed by atoms with van der Waals surface area (Å²) in [6, 6.07) is 4.28. The molecule has 1 aromatic carbocycles. The molecule has 6 heteroatoms. The lowest BCUT2D eigenvalue weighted by Crippen LogP contribution is -2.46. The Balaban J connectivity index is 2.40. The van der Waals surface area contributed by atoms with E-state index < -0.39 is 11.7 Å². The summed E-state index contributed by atoms with van der Waals surface area (Å²) >= 11 is 5.63. The Kier molecular flexibility index (Phi) is 4.49. The minimum Gasteiger partial charge on any atom is -0.372 e. The highest BCUT2D eigenvalue weighted by Crippen LogP contribution is 2.38. The molecule has 1 aromatic rings. The first-order chi connectivity index (χ1) is 9.31. The summed E-state index contributed by atoms with van der Waals surface area (Å²) in [5, 5.41) is 0. The highest BCUT2D eigenvalue weighted by Gasteiger charge is 2.36. The molecule has 0 bridgehead atoms. The Hall–Kier alpha value is -0.940. The van der Waals surface area contributed by atoms with Gasteiger partial charge in [0, 0.05) is 24.7 Å². The van der Waals surface area contributed by atoms with Crippen LogP contribution in [0.4, 0.5) is 18.9 Å². The number of alkyl halides is 4. The van der Waals surface area contributed by atoms with Crippen molar-refractivity contribution in [1.29, 1.82) is 0 Å². The van der Waals surface area contributed by atoms with Gasteiger partial charge in [-0.1, -0.05) is 6.07 Å². The third-order valence-corrected chi connectivity index (χ3v) is 3.59. The monoisotopic (exact) mass is 307 g/mol. The van der Waals surface area contributed by atoms with Crippen molar-refractivity contribution >= 4 is 17.3 Å². The van der Waals surface area contributed by atoms with E-state index in [1.54, 1.807) is 11.0 Å². The molecule has 0 aliphatic carbocycles. The van der Waals surface area contributed by atoms with Crippen LogP contribution >= 0.6 is 11.6 Å². The second kappa shape index (κ2) is 5.82. The first-order valence-corrected chi connectivity index (χ1v) is 7.01. The number of halogens is 4. The fraction of sp³-hybridized carbons (Fsp3) is 0.571. The van der Waals surface area contributed by atoms with Crippen LogP contribution in [0.2, 0.25) is 0 Å². The predicted molar refractivity (Wildman–Crippen MR) is 73.2 cm³/mol. The second-order valence-electron chi connectivity index (χ2n) is 5.15. The van der Waals surface area contributed by atoms with Gasteiger partial charge >= 0.3 is 6.18 Å². The van der Waals surface area contributed by atoms with E-state index in [-0.39, 0.29) is 23.8 Å². The molecule has 0 spiro atoms. The van der Waals surface area contributed by atoms with Gasteiger partial charge in [0.25, 0.3) is 0 Å². The fourth-order valence-corrected chi connectivity index (χ4v) is 2.71. The Morgan fingerprint density at radius 3 is 2.35 bits per heavy atom. The molecule has 1 fully saturated rings. The van der Waals surface area contributed by atoms with Crippen LogP contribution in [-0.2, 0) is 16.8 Å². The lowest BCUT2D eigenvalue weighted by atomic mass is 10.1. The van der Waals surface area contributed by atoms with Gasteiger partial charge in [-0.3, -0.25) is 0 Å². The highest BCUT2D eigenvalue weighted by atomic mass is 35.5. The van der Waals surface area contributed by atoms with Crippen molar-refractivity contribution in [2.24, 2.45) is 0 Å². The quantitative estimate of drug-likeness (QED) is 0.764. The Morgan fingerprint density at radius 1 is 1.25 bits per heavy atom. The summed E-state index contributed by atoms with van der Waals surface area (Å²) in [4.78, 5) is 1.74. The number of benzene rings is 1. The summed E-state index contributed by atoms with van der Waals surface area (Å²) < 4.78 is 45.2. The van der Waals surface area contributed by atoms with Gasteiger partial charge in [0.2, 0.25) is 0 Å². The number of hydrogen-bond acceptors (Lipinski definition) is 2. The molecule has 2 nitrogen and oxygen atoms in total. The van der Waals surface area contributed by atoms with E-state index in [0.717, 1.165) is 6.07 Å². The molecule has 1 aliphatic rings. The van der Waals surface area contributed by atoms with Crippen LogP contribution in [0.15, 0.2) is 18.2 Å². The fourth-order valence-electron chi connectivity index (χ4n) is 2.54. The van der Waals surface area contributed by atoms with Gasteiger partial charge in [0.15, 0.2) is 0 Å². The summed E-state index contributed by atoms with van der Waals surface area (Å²) in [6.07, 6.45) is -4.57. The van der Waals surface area contributed by atoms with Crippen LogP contribution in [0.3, 0.4) is 0 Å². The number of hydrogen-bond donors (Lipinski definition) is 0. The van der Waals surface area contributed by atoms with E-state index in [0.29, 0.717) is 18.7 Å². The number of rotatable bonds is 2. The topological polar surface area (TPSA) is 12.5 Å². The molecule has 0 amide bonds. The van der Waals surface area contributed by atoms with Crippen LogP contribution in [-0.4, -0.2) is 25.3 Å². The summed E-state index contributed by atoms with van der Waals surface area (Å²) in [7, 11) is 0. The second-order valence-corrected chi connectivity index (χ2v) is 5.41. The average Bonchev–Trinajstić information content (AvgIpc) is 2.35. The normalized spacial score (nSPS) is 24.0. The summed E-state index contributed by atoms with van der Waals surface area (Å²) in [6.45, 7) is 4.63. The number of ether oxygens (including phenoxy) is 1. The molecule has 0 aromatic heterocycles. The van der Waals surface area contributed by atoms with Crippen LogP contribution in [0.5, 0.6) is 0 Å². The van der Waals surface area contributed by atoms with Crippen molar-refractivity contribution < 1.29 is 17.9 Å². The minimum absolute atomic E-state index is 0.0687. The summed E-state index contributed by atoms with van der Waals surface area (Å²) in [5.41, 5.74) is 0.0439. The summed E-state index contributed by atoms with van der Waals surface area (Å²) in [5.74, 6) is 0.0687. The molecule has 0 radical (unpaired) electrons. The molecular formula is C14H17ClF3NO. The van der Waals surface area contributed by atoms with Gasteiger partial charge in [-0.05, 0) is 31.5 Å². The van der Waals surface area contributed by atoms with Gasteiger partial charge in [0.1, 0.15) is 0 Å². The van der Waals surface area contributed by atoms with Gasteiger partial charge in [0.05, 0.1) is 17.8 Å². The molecule has 112 valence electrons. The minimum atomic E-state index is -4.39. The molecular weight excluding hydrogens is 291 g/mol. The average molecular weight is 308 g/mol. The van der Waals surface area contributed by atoms with Crippen molar-refractivity contribution in [1.82, 2.24) is 0 Å². The SMILES string of the molecule is C[C@@H]1CN(c2ccc(CCl)cc2C(F)(F)F)C[C@H](C)O1. The van der Waals surface area contributed by atoms with Crippen LogP contribution < -0.4 is 4.90 Å². The Labute approximate surface area is 121 Å². The molecule has 1 saturated heterocycles. The van der Waals surface area contributed by atoms with Crippen molar-refractivity contribution in [2.75, 3.05) is 18.0 Å². The van der Waals surface area contributed by atoms with Gasteiger partial charge < -0.3 is 9.64 Å². The molecule has 20 heavy (non-hydrogen) atoms. The lowest BCUT2D eigenvalue weighted by Gasteiger charge is -2.38. The molecule has 1 heterocycles. The van der Waals surface area contributed by atoms with Crippen molar-refractivity contribution in [3.8, 4) is 0 Å². The Morgan fingerprint density at radius 2 is 1.85 bits per heavy atom. The predicted octanol–water partition coefficient (Wildman–Crippen LogP) is 4.06. The number of nitrogens with zero attached hydrogens (tertiary/aromatic N) is 1. The van der Waals surface area contributed by atoms with E-state index in [1.807, 2.05) is 13.8 Å². The standard InChI is InChI=1S/C14H17ClF3NO/c1-9-7-19(8-10(2)20-9)13-4-3-11(6-15)5-12(13)14(16,17)18/h3-5,9-10H,6-8H2,1-2H3/t9-,10+. The van der Waals surface area contributed by atoms with Crippen LogP contribution in [0.25, 0.3) is 0 Å². The molecule has 0 unspecified atom stereocenters. The lowest BCUT2D eigenvalue weighted by molar-refractivity contribution is -0.137. The maximum atomic E-state index is 13.2. The third-order valence-electron chi connectivity index (χ3n) is 3.28. The zero-order valence-corrected chi connectivity index (χ0v) is 12.1. The molecule has 2 atom stereocenters. The molecule has 2 rings (SSSR count). The largest absolute Gasteiger partial charge is 0.418 e. The molecule has 1 aliphatic heterocycles. The van der Waals surface area contributed by atoms with E-state index >= 15 is 0 Å².